The lowest BCUT2D eigenvalue weighted by Crippen LogP contribution is -2.43. The molecule has 5 nitrogen and oxygen atoms in total. The van der Waals surface area contributed by atoms with Gasteiger partial charge in [-0.05, 0) is 6.07 Å². The van der Waals surface area contributed by atoms with E-state index in [9.17, 15) is 23.1 Å². The molecule has 0 bridgehead atoms. The first-order chi connectivity index (χ1) is 10.9. The molecule has 0 aliphatic carbocycles. The number of likely N-dealkylation sites (tertiary alicyclic amines) is 1. The van der Waals surface area contributed by atoms with E-state index in [1.54, 1.807) is 4.90 Å². The Balaban J connectivity index is 2.02. The van der Waals surface area contributed by atoms with Gasteiger partial charge in [0.05, 0.1) is 0 Å². The lowest BCUT2D eigenvalue weighted by molar-refractivity contribution is -0.125. The average molecular weight is 332 g/mol. The van der Waals surface area contributed by atoms with E-state index in [1.807, 2.05) is 0 Å². The Bertz CT molecular complexity index is 571. The van der Waals surface area contributed by atoms with Crippen LogP contribution in [-0.4, -0.2) is 55.4 Å². The van der Waals surface area contributed by atoms with Crippen LogP contribution in [0.1, 0.15) is 5.56 Å². The van der Waals surface area contributed by atoms with Gasteiger partial charge in [0.1, 0.15) is 12.4 Å². The number of nitrogens with one attached hydrogen (secondary N) is 1. The molecule has 1 aromatic carbocycles. The summed E-state index contributed by atoms with van der Waals surface area (Å²) in [5.74, 6) is -3.69. The highest BCUT2D eigenvalue weighted by atomic mass is 19.2. The maximum Gasteiger partial charge on any atom is 0.246 e. The van der Waals surface area contributed by atoms with E-state index in [2.05, 4.69) is 5.32 Å². The number of hydrogen-bond donors (Lipinski definition) is 2. The zero-order chi connectivity index (χ0) is 17.0. The summed E-state index contributed by atoms with van der Waals surface area (Å²) in [6, 6.07) is 1.04. The maximum absolute atomic E-state index is 13.7. The predicted molar refractivity (Wildman–Crippen MR) is 76.0 cm³/mol. The van der Waals surface area contributed by atoms with E-state index in [4.69, 9.17) is 4.74 Å². The summed E-state index contributed by atoms with van der Waals surface area (Å²) in [5, 5.41) is 12.1. The van der Waals surface area contributed by atoms with Gasteiger partial charge in [0.15, 0.2) is 11.6 Å². The van der Waals surface area contributed by atoms with Gasteiger partial charge >= 0.3 is 0 Å². The molecule has 0 saturated carbocycles. The van der Waals surface area contributed by atoms with Gasteiger partial charge in [-0.3, -0.25) is 9.69 Å². The van der Waals surface area contributed by atoms with E-state index in [0.29, 0.717) is 19.2 Å². The van der Waals surface area contributed by atoms with Crippen molar-refractivity contribution in [3.8, 4) is 0 Å². The van der Waals surface area contributed by atoms with E-state index < -0.39 is 17.5 Å². The first-order valence-electron chi connectivity index (χ1n) is 7.19. The molecule has 0 aromatic heterocycles. The number of aliphatic hydroxyl groups excluding tert-OH is 1. The van der Waals surface area contributed by atoms with Gasteiger partial charge in [-0.25, -0.2) is 13.2 Å². The zero-order valence-electron chi connectivity index (χ0n) is 12.7. The summed E-state index contributed by atoms with van der Waals surface area (Å²) < 4.78 is 44.6. The lowest BCUT2D eigenvalue weighted by Gasteiger charge is -2.18. The van der Waals surface area contributed by atoms with Crippen molar-refractivity contribution >= 4 is 5.91 Å². The van der Waals surface area contributed by atoms with Gasteiger partial charge in [0.2, 0.25) is 5.91 Å². The fraction of sp³-hybridized carbons (Fsp3) is 0.533. The Morgan fingerprint density at radius 3 is 2.65 bits per heavy atom. The number of amides is 1. The molecule has 1 amide bonds. The molecule has 2 atom stereocenters. The minimum Gasteiger partial charge on any atom is -0.396 e. The van der Waals surface area contributed by atoms with Crippen LogP contribution in [-0.2, 0) is 16.1 Å². The van der Waals surface area contributed by atoms with Crippen LogP contribution in [0.25, 0.3) is 0 Å². The highest BCUT2D eigenvalue weighted by molar-refractivity contribution is 5.77. The molecular weight excluding hydrogens is 313 g/mol. The minimum atomic E-state index is -1.23. The smallest absolute Gasteiger partial charge is 0.246 e. The zero-order valence-corrected chi connectivity index (χ0v) is 12.7. The van der Waals surface area contributed by atoms with Gasteiger partial charge in [-0.2, -0.15) is 0 Å². The predicted octanol–water partition coefficient (Wildman–Crippen LogP) is 0.659. The molecule has 2 N–H and O–H groups in total. The largest absolute Gasteiger partial charge is 0.396 e. The normalized spacial score (nSPS) is 21.6. The molecule has 1 aliphatic rings. The number of rotatable bonds is 6. The number of hydrogen-bond acceptors (Lipinski definition) is 4. The number of halogens is 3. The Labute approximate surface area is 132 Å². The third kappa shape index (κ3) is 4.43. The number of carbonyl (C=O) groups is 1. The van der Waals surface area contributed by atoms with Gasteiger partial charge in [0, 0.05) is 56.9 Å². The summed E-state index contributed by atoms with van der Waals surface area (Å²) >= 11 is 0. The number of carbonyl (C=O) groups excluding carboxylic acids is 1. The number of ether oxygens (including phenoxy) is 1. The van der Waals surface area contributed by atoms with E-state index in [1.165, 1.54) is 7.11 Å². The first-order valence-corrected chi connectivity index (χ1v) is 7.19. The maximum atomic E-state index is 13.7. The highest BCUT2D eigenvalue weighted by Gasteiger charge is 2.33. The van der Waals surface area contributed by atoms with Gasteiger partial charge in [-0.15, -0.1) is 0 Å². The Morgan fingerprint density at radius 1 is 1.30 bits per heavy atom. The molecule has 1 saturated heterocycles. The second kappa shape index (κ2) is 7.76. The van der Waals surface area contributed by atoms with Crippen molar-refractivity contribution in [2.24, 2.45) is 5.92 Å². The van der Waals surface area contributed by atoms with Crippen LogP contribution in [0.4, 0.5) is 13.2 Å². The van der Waals surface area contributed by atoms with Crippen LogP contribution in [0, 0.1) is 23.4 Å². The minimum absolute atomic E-state index is 0.0319. The Morgan fingerprint density at radius 2 is 2.00 bits per heavy atom. The molecule has 23 heavy (non-hydrogen) atoms. The second-order valence-corrected chi connectivity index (χ2v) is 5.60. The average Bonchev–Trinajstić information content (AvgIpc) is 2.86. The first kappa shape index (κ1) is 17.7. The summed E-state index contributed by atoms with van der Waals surface area (Å²) in [6.07, 6.45) is 0. The Hall–Kier alpha value is -1.64. The number of nitrogens with zero attached hydrogens (tertiary/aromatic N) is 1. The van der Waals surface area contributed by atoms with Crippen molar-refractivity contribution in [2.45, 2.75) is 12.6 Å². The van der Waals surface area contributed by atoms with Gasteiger partial charge in [-0.1, -0.05) is 0 Å². The fourth-order valence-electron chi connectivity index (χ4n) is 2.74. The molecule has 1 aromatic rings. The molecule has 0 radical (unpaired) electrons. The molecule has 2 rings (SSSR count). The Kier molecular flexibility index (Phi) is 5.97. The van der Waals surface area contributed by atoms with Crippen molar-refractivity contribution < 1.29 is 27.8 Å². The van der Waals surface area contributed by atoms with Gasteiger partial charge in [0.25, 0.3) is 0 Å². The summed E-state index contributed by atoms with van der Waals surface area (Å²) in [7, 11) is 1.40. The van der Waals surface area contributed by atoms with Crippen molar-refractivity contribution in [3.63, 3.8) is 0 Å². The quantitative estimate of drug-likeness (QED) is 0.752. The van der Waals surface area contributed by atoms with Crippen LogP contribution in [0.15, 0.2) is 12.1 Å². The van der Waals surface area contributed by atoms with Crippen molar-refractivity contribution in [1.82, 2.24) is 10.2 Å². The third-order valence-corrected chi connectivity index (χ3v) is 3.86. The topological polar surface area (TPSA) is 61.8 Å². The molecule has 1 heterocycles. The summed E-state index contributed by atoms with van der Waals surface area (Å²) in [6.45, 7) is 0.614. The fourth-order valence-corrected chi connectivity index (χ4v) is 2.74. The van der Waals surface area contributed by atoms with E-state index in [0.717, 1.165) is 6.07 Å². The van der Waals surface area contributed by atoms with Gasteiger partial charge < -0.3 is 15.2 Å². The van der Waals surface area contributed by atoms with Crippen LogP contribution < -0.4 is 5.32 Å². The van der Waals surface area contributed by atoms with Crippen molar-refractivity contribution in [3.05, 3.63) is 35.1 Å². The molecule has 8 heteroatoms. The standard InChI is InChI=1S/C15H19F3N2O3/c1-23-8-15(22)19-14-6-20(5-10(14)7-21)4-9-2-12(17)13(18)3-11(9)16/h2-3,10,14,21H,4-8H2,1H3,(H,19,22)/t10-,14+/m0/s1. The number of methoxy groups -OCH3 is 1. The second-order valence-electron chi connectivity index (χ2n) is 5.60. The molecule has 0 spiro atoms. The van der Waals surface area contributed by atoms with Crippen LogP contribution in [0.3, 0.4) is 0 Å². The highest BCUT2D eigenvalue weighted by Crippen LogP contribution is 2.21. The number of benzene rings is 1. The summed E-state index contributed by atoms with van der Waals surface area (Å²) in [4.78, 5) is 13.3. The van der Waals surface area contributed by atoms with Crippen molar-refractivity contribution in [1.29, 1.82) is 0 Å². The molecular formula is C15H19F3N2O3. The third-order valence-electron chi connectivity index (χ3n) is 3.86. The lowest BCUT2D eigenvalue weighted by atomic mass is 10.1. The van der Waals surface area contributed by atoms with Crippen LogP contribution in [0.2, 0.25) is 0 Å². The molecule has 0 unspecified atom stereocenters. The molecule has 1 aliphatic heterocycles. The summed E-state index contributed by atoms with van der Waals surface area (Å²) in [5.41, 5.74) is 0.0319. The molecule has 1 fully saturated rings. The SMILES string of the molecule is COCC(=O)N[C@@H]1CN(Cc2cc(F)c(F)cc2F)C[C@H]1CO. The molecule has 128 valence electrons. The van der Waals surface area contributed by atoms with Crippen molar-refractivity contribution in [2.75, 3.05) is 33.4 Å². The monoisotopic (exact) mass is 332 g/mol. The van der Waals surface area contributed by atoms with Crippen LogP contribution in [0.5, 0.6) is 0 Å². The number of aliphatic hydroxyl groups is 1. The van der Waals surface area contributed by atoms with E-state index >= 15 is 0 Å². The van der Waals surface area contributed by atoms with Crippen LogP contribution >= 0.6 is 0 Å². The van der Waals surface area contributed by atoms with E-state index in [-0.39, 0.29) is 43.2 Å².